The highest BCUT2D eigenvalue weighted by molar-refractivity contribution is 6.22. The zero-order valence-electron chi connectivity index (χ0n) is 24.0. The summed E-state index contributed by atoms with van der Waals surface area (Å²) in [5.41, 5.74) is -2.12. The van der Waals surface area contributed by atoms with Gasteiger partial charge in [-0.2, -0.15) is 0 Å². The number of ether oxygens (including phenoxy) is 3. The molecular weight excluding hydrogens is 488 g/mol. The summed E-state index contributed by atoms with van der Waals surface area (Å²) in [7, 11) is 0. The third-order valence-electron chi connectivity index (χ3n) is 9.77. The van der Waals surface area contributed by atoms with Crippen molar-refractivity contribution in [3.05, 3.63) is 23.0 Å². The Labute approximate surface area is 225 Å². The fourth-order valence-corrected chi connectivity index (χ4v) is 7.46. The smallest absolute Gasteiger partial charge is 0.302 e. The Hall–Kier alpha value is -2.03. The molecule has 9 atom stereocenters. The lowest BCUT2D eigenvalue weighted by Crippen LogP contribution is -2.66. The van der Waals surface area contributed by atoms with Gasteiger partial charge < -0.3 is 24.4 Å². The highest BCUT2D eigenvalue weighted by Crippen LogP contribution is 2.59. The zero-order valence-corrected chi connectivity index (χ0v) is 24.0. The van der Waals surface area contributed by atoms with Gasteiger partial charge in [-0.25, -0.2) is 0 Å². The van der Waals surface area contributed by atoms with E-state index in [4.69, 9.17) is 14.2 Å². The van der Waals surface area contributed by atoms with E-state index in [0.717, 1.165) is 6.42 Å². The van der Waals surface area contributed by atoms with Crippen LogP contribution in [0.4, 0.5) is 0 Å². The van der Waals surface area contributed by atoms with Crippen molar-refractivity contribution < 1.29 is 38.8 Å². The molecule has 0 aromatic heterocycles. The van der Waals surface area contributed by atoms with Crippen LogP contribution in [0, 0.1) is 23.2 Å². The van der Waals surface area contributed by atoms with Crippen molar-refractivity contribution in [2.45, 2.75) is 123 Å². The Morgan fingerprint density at radius 2 is 1.87 bits per heavy atom. The van der Waals surface area contributed by atoms with Gasteiger partial charge in [-0.15, -0.1) is 0 Å². The van der Waals surface area contributed by atoms with Crippen LogP contribution in [0.2, 0.25) is 0 Å². The molecule has 1 saturated heterocycles. The third kappa shape index (κ3) is 4.66. The molecule has 8 heteroatoms. The fourth-order valence-electron chi connectivity index (χ4n) is 7.46. The molecule has 0 unspecified atom stereocenters. The minimum Gasteiger partial charge on any atom is -0.482 e. The predicted molar refractivity (Wildman–Crippen MR) is 140 cm³/mol. The number of carbonyl (C=O) groups is 3. The number of carbonyl (C=O) groups excluding carboxylic acids is 3. The van der Waals surface area contributed by atoms with Gasteiger partial charge in [0.2, 0.25) is 5.78 Å². The number of allylic oxidation sites excluding steroid dienone is 2. The second kappa shape index (κ2) is 9.86. The van der Waals surface area contributed by atoms with Gasteiger partial charge in [0, 0.05) is 29.7 Å². The average molecular weight is 533 g/mol. The maximum Gasteiger partial charge on any atom is 0.302 e. The molecule has 0 spiro atoms. The van der Waals surface area contributed by atoms with E-state index in [1.807, 2.05) is 20.8 Å². The van der Waals surface area contributed by atoms with Crippen LogP contribution >= 0.6 is 0 Å². The molecule has 4 aliphatic rings. The van der Waals surface area contributed by atoms with Gasteiger partial charge in [-0.1, -0.05) is 34.1 Å². The summed E-state index contributed by atoms with van der Waals surface area (Å²) in [4.78, 5) is 39.1. The van der Waals surface area contributed by atoms with Crippen LogP contribution in [0.15, 0.2) is 23.0 Å². The second-order valence-corrected chi connectivity index (χ2v) is 13.0. The Bertz CT molecular complexity index is 1070. The Kier molecular flexibility index (Phi) is 7.52. The summed E-state index contributed by atoms with van der Waals surface area (Å²) in [6.45, 7) is 14.5. The van der Waals surface area contributed by atoms with Gasteiger partial charge in [0.25, 0.3) is 0 Å². The normalized spacial score (nSPS) is 37.7. The van der Waals surface area contributed by atoms with E-state index < -0.39 is 58.2 Å². The molecule has 0 bridgehead atoms. The summed E-state index contributed by atoms with van der Waals surface area (Å²) in [6, 6.07) is 0. The van der Waals surface area contributed by atoms with Gasteiger partial charge in [-0.05, 0) is 58.4 Å². The van der Waals surface area contributed by atoms with Crippen molar-refractivity contribution in [1.82, 2.24) is 0 Å². The largest absolute Gasteiger partial charge is 0.482 e. The standard InChI is InChI=1S/C30H44O8/c1-9-15(2)25(36-17(4)31)16(3)18-14-19(32)22-24(34)27-29(7)12-10-20(28(5,6)35)37-21(29)11-13-30(27,8)38-26(22)23(18)33/h14-16,20-21,24-25,27,34-35H,9-13H2,1-8H3/t15-,16-,20+,21+,24+,25+,27+,29-,30+/m0/s1. The van der Waals surface area contributed by atoms with Crippen molar-refractivity contribution in [3.8, 4) is 0 Å². The summed E-state index contributed by atoms with van der Waals surface area (Å²) >= 11 is 0. The second-order valence-electron chi connectivity index (χ2n) is 13.0. The third-order valence-corrected chi connectivity index (χ3v) is 9.77. The molecule has 0 radical (unpaired) electrons. The first-order chi connectivity index (χ1) is 17.5. The molecular formula is C30H44O8. The molecule has 0 amide bonds. The van der Waals surface area contributed by atoms with Crippen LogP contribution in [0.3, 0.4) is 0 Å². The first-order valence-corrected chi connectivity index (χ1v) is 14.0. The van der Waals surface area contributed by atoms with Gasteiger partial charge in [0.05, 0.1) is 29.5 Å². The molecule has 2 N–H and O–H groups in total. The number of rotatable bonds is 6. The van der Waals surface area contributed by atoms with E-state index in [-0.39, 0.29) is 35.0 Å². The number of fused-ring (bicyclic) bond motifs is 3. The Morgan fingerprint density at radius 1 is 1.21 bits per heavy atom. The molecule has 2 aliphatic carbocycles. The van der Waals surface area contributed by atoms with E-state index in [0.29, 0.717) is 25.7 Å². The molecule has 4 rings (SSSR count). The van der Waals surface area contributed by atoms with Gasteiger partial charge >= 0.3 is 5.97 Å². The summed E-state index contributed by atoms with van der Waals surface area (Å²) in [5, 5.41) is 22.3. The number of hydrogen-bond donors (Lipinski definition) is 2. The van der Waals surface area contributed by atoms with E-state index in [2.05, 4.69) is 6.92 Å². The molecule has 2 aliphatic heterocycles. The molecule has 212 valence electrons. The molecule has 2 fully saturated rings. The minimum absolute atomic E-state index is 0.00693. The first-order valence-electron chi connectivity index (χ1n) is 14.0. The van der Waals surface area contributed by atoms with E-state index in [1.54, 1.807) is 20.8 Å². The quantitative estimate of drug-likeness (QED) is 0.391. The van der Waals surface area contributed by atoms with Crippen LogP contribution in [0.1, 0.15) is 87.5 Å². The van der Waals surface area contributed by atoms with Gasteiger partial charge in [0.1, 0.15) is 11.7 Å². The van der Waals surface area contributed by atoms with Crippen molar-refractivity contribution in [1.29, 1.82) is 0 Å². The van der Waals surface area contributed by atoms with E-state index >= 15 is 0 Å². The molecule has 8 nitrogen and oxygen atoms in total. The number of Topliss-reactive ketones (excluding diaryl/α,β-unsaturated/α-hetero) is 1. The SMILES string of the molecule is CC[C@H](C)[C@@H](OC(C)=O)[C@@H](C)C1=CC(=O)C2=C(O[C@]3(C)CC[C@H]4O[C@@H](C(C)(C)O)CC[C@]4(C)[C@H]3[C@@H]2O)C1=O. The van der Waals surface area contributed by atoms with Crippen LogP contribution in [-0.2, 0) is 28.6 Å². The monoisotopic (exact) mass is 532 g/mol. The summed E-state index contributed by atoms with van der Waals surface area (Å²) in [5.74, 6) is -2.41. The Morgan fingerprint density at radius 3 is 2.45 bits per heavy atom. The number of ketones is 2. The van der Waals surface area contributed by atoms with Crippen LogP contribution < -0.4 is 0 Å². The maximum atomic E-state index is 13.8. The first kappa shape index (κ1) is 29.0. The van der Waals surface area contributed by atoms with Crippen molar-refractivity contribution in [2.24, 2.45) is 23.2 Å². The van der Waals surface area contributed by atoms with Gasteiger partial charge in [-0.3, -0.25) is 14.4 Å². The van der Waals surface area contributed by atoms with Crippen molar-refractivity contribution in [2.75, 3.05) is 0 Å². The lowest BCUT2D eigenvalue weighted by atomic mass is 9.52. The predicted octanol–water partition coefficient (Wildman–Crippen LogP) is 3.82. The minimum atomic E-state index is -1.19. The Balaban J connectivity index is 1.67. The molecule has 38 heavy (non-hydrogen) atoms. The number of esters is 1. The molecule has 0 aromatic carbocycles. The van der Waals surface area contributed by atoms with Crippen molar-refractivity contribution >= 4 is 17.5 Å². The van der Waals surface area contributed by atoms with Gasteiger partial charge in [0.15, 0.2) is 11.5 Å². The number of aliphatic hydroxyl groups is 2. The lowest BCUT2D eigenvalue weighted by molar-refractivity contribution is -0.260. The van der Waals surface area contributed by atoms with Crippen molar-refractivity contribution in [3.63, 3.8) is 0 Å². The summed E-state index contributed by atoms with van der Waals surface area (Å²) in [6.07, 6.45) is 2.21. The fraction of sp³-hybridized carbons (Fsp3) is 0.767. The molecule has 1 saturated carbocycles. The van der Waals surface area contributed by atoms with E-state index in [1.165, 1.54) is 13.0 Å². The maximum absolute atomic E-state index is 13.8. The number of aliphatic hydroxyl groups excluding tert-OH is 1. The highest BCUT2D eigenvalue weighted by atomic mass is 16.5. The van der Waals surface area contributed by atoms with Crippen LogP contribution in [-0.4, -0.2) is 63.4 Å². The zero-order chi connectivity index (χ0) is 28.4. The number of hydrogen-bond acceptors (Lipinski definition) is 8. The average Bonchev–Trinajstić information content (AvgIpc) is 2.81. The summed E-state index contributed by atoms with van der Waals surface area (Å²) < 4.78 is 18.4. The molecule has 0 aromatic rings. The highest BCUT2D eigenvalue weighted by Gasteiger charge is 2.64. The van der Waals surface area contributed by atoms with Crippen LogP contribution in [0.25, 0.3) is 0 Å². The lowest BCUT2D eigenvalue weighted by Gasteiger charge is -2.61. The van der Waals surface area contributed by atoms with Crippen LogP contribution in [0.5, 0.6) is 0 Å². The van der Waals surface area contributed by atoms with E-state index in [9.17, 15) is 24.6 Å². The topological polar surface area (TPSA) is 119 Å². The molecule has 2 heterocycles.